The fraction of sp³-hybridized carbons (Fsp3) is 0.278. The van der Waals surface area contributed by atoms with Crippen molar-refractivity contribution in [2.24, 2.45) is 0 Å². The molecule has 1 aliphatic rings. The number of nitrogens with one attached hydrogen (secondary N) is 1. The Kier molecular flexibility index (Phi) is 3.62. The van der Waals surface area contributed by atoms with Crippen LogP contribution in [-0.2, 0) is 0 Å². The monoisotopic (exact) mass is 321 g/mol. The van der Waals surface area contributed by atoms with Gasteiger partial charge in [-0.1, -0.05) is 0 Å². The fourth-order valence-corrected chi connectivity index (χ4v) is 3.42. The summed E-state index contributed by atoms with van der Waals surface area (Å²) in [6.45, 7) is 1.78. The molecule has 2 aromatic heterocycles. The van der Waals surface area contributed by atoms with Gasteiger partial charge in [0.15, 0.2) is 5.69 Å². The van der Waals surface area contributed by atoms with E-state index in [0.717, 1.165) is 42.7 Å². The molecular weight excluding hydrogens is 305 g/mol. The van der Waals surface area contributed by atoms with Gasteiger partial charge in [0.1, 0.15) is 17.7 Å². The molecule has 1 N–H and O–H groups in total. The molecule has 1 fully saturated rings. The van der Waals surface area contributed by atoms with Gasteiger partial charge in [0.05, 0.1) is 12.4 Å². The van der Waals surface area contributed by atoms with E-state index in [0.29, 0.717) is 11.6 Å². The lowest BCUT2D eigenvalue weighted by Crippen LogP contribution is -2.33. The van der Waals surface area contributed by atoms with Crippen molar-refractivity contribution in [1.82, 2.24) is 15.0 Å². The number of rotatable bonds is 2. The van der Waals surface area contributed by atoms with Crippen LogP contribution in [-0.4, -0.2) is 28.0 Å². The molecule has 0 bridgehead atoms. The van der Waals surface area contributed by atoms with Gasteiger partial charge in [-0.15, -0.1) is 0 Å². The lowest BCUT2D eigenvalue weighted by molar-refractivity contribution is 0.504. The molecule has 0 unspecified atom stereocenters. The highest BCUT2D eigenvalue weighted by Gasteiger charge is 2.23. The second-order valence-electron chi connectivity index (χ2n) is 6.07. The lowest BCUT2D eigenvalue weighted by atomic mass is 9.89. The minimum atomic E-state index is -0.217. The second-order valence-corrected chi connectivity index (χ2v) is 6.07. The van der Waals surface area contributed by atoms with E-state index in [9.17, 15) is 4.39 Å². The molecule has 0 spiro atoms. The van der Waals surface area contributed by atoms with Gasteiger partial charge in [-0.3, -0.25) is 0 Å². The van der Waals surface area contributed by atoms with Gasteiger partial charge in [-0.25, -0.2) is 14.4 Å². The van der Waals surface area contributed by atoms with Crippen molar-refractivity contribution < 1.29 is 4.39 Å². The number of aromatic amines is 1. The van der Waals surface area contributed by atoms with Crippen LogP contribution in [0.2, 0.25) is 0 Å². The van der Waals surface area contributed by atoms with Crippen molar-refractivity contribution >= 4 is 16.7 Å². The number of nitriles is 1. The summed E-state index contributed by atoms with van der Waals surface area (Å²) in [4.78, 5) is 13.8. The molecule has 0 amide bonds. The Bertz CT molecular complexity index is 901. The van der Waals surface area contributed by atoms with Gasteiger partial charge in [0.25, 0.3) is 0 Å². The summed E-state index contributed by atoms with van der Waals surface area (Å²) < 4.78 is 13.3. The van der Waals surface area contributed by atoms with E-state index in [4.69, 9.17) is 5.26 Å². The number of fused-ring (bicyclic) bond motifs is 1. The lowest BCUT2D eigenvalue weighted by Gasteiger charge is -2.32. The molecule has 4 rings (SSSR count). The highest BCUT2D eigenvalue weighted by Crippen LogP contribution is 2.34. The average molecular weight is 321 g/mol. The third kappa shape index (κ3) is 2.58. The van der Waals surface area contributed by atoms with E-state index < -0.39 is 0 Å². The number of H-pyrrole nitrogens is 1. The molecule has 1 aromatic carbocycles. The standard InChI is InChI=1S/C18H16FN5/c19-13-1-2-15-16(10-22-17(15)7-13)12-3-5-24(6-4-12)18-11-21-14(8-20)9-23-18/h1-2,7,9-12,22H,3-6H2. The molecule has 3 aromatic rings. The van der Waals surface area contributed by atoms with E-state index in [1.165, 1.54) is 17.8 Å². The number of benzene rings is 1. The first-order valence-corrected chi connectivity index (χ1v) is 7.98. The Morgan fingerprint density at radius 2 is 2.04 bits per heavy atom. The molecule has 1 aliphatic heterocycles. The van der Waals surface area contributed by atoms with Crippen molar-refractivity contribution in [2.75, 3.05) is 18.0 Å². The van der Waals surface area contributed by atoms with Crippen LogP contribution < -0.4 is 4.90 Å². The van der Waals surface area contributed by atoms with Crippen LogP contribution in [0.5, 0.6) is 0 Å². The summed E-state index contributed by atoms with van der Waals surface area (Å²) in [6.07, 6.45) is 7.19. The quantitative estimate of drug-likeness (QED) is 0.786. The van der Waals surface area contributed by atoms with Crippen molar-refractivity contribution in [3.63, 3.8) is 0 Å². The first-order valence-electron chi connectivity index (χ1n) is 7.98. The summed E-state index contributed by atoms with van der Waals surface area (Å²) in [5.41, 5.74) is 2.45. The van der Waals surface area contributed by atoms with E-state index in [1.807, 2.05) is 18.3 Å². The summed E-state index contributed by atoms with van der Waals surface area (Å²) in [7, 11) is 0. The Balaban J connectivity index is 1.50. The van der Waals surface area contributed by atoms with E-state index in [1.54, 1.807) is 12.3 Å². The number of aromatic nitrogens is 3. The number of hydrogen-bond acceptors (Lipinski definition) is 4. The first-order chi connectivity index (χ1) is 11.7. The fourth-order valence-electron chi connectivity index (χ4n) is 3.42. The number of anilines is 1. The number of halogens is 1. The Morgan fingerprint density at radius 3 is 2.75 bits per heavy atom. The van der Waals surface area contributed by atoms with Crippen molar-refractivity contribution in [1.29, 1.82) is 5.26 Å². The highest BCUT2D eigenvalue weighted by atomic mass is 19.1. The first kappa shape index (κ1) is 14.6. The molecule has 6 heteroatoms. The van der Waals surface area contributed by atoms with Crippen LogP contribution in [0.3, 0.4) is 0 Å². The normalized spacial score (nSPS) is 15.6. The maximum absolute atomic E-state index is 13.3. The molecule has 120 valence electrons. The molecule has 0 radical (unpaired) electrons. The summed E-state index contributed by atoms with van der Waals surface area (Å²) >= 11 is 0. The number of nitrogens with zero attached hydrogens (tertiary/aromatic N) is 4. The van der Waals surface area contributed by atoms with Crippen LogP contribution in [0.15, 0.2) is 36.8 Å². The highest BCUT2D eigenvalue weighted by molar-refractivity contribution is 5.83. The maximum Gasteiger partial charge on any atom is 0.158 e. The van der Waals surface area contributed by atoms with Gasteiger partial charge in [-0.05, 0) is 42.5 Å². The maximum atomic E-state index is 13.3. The third-order valence-corrected chi connectivity index (χ3v) is 4.69. The van der Waals surface area contributed by atoms with E-state index in [-0.39, 0.29) is 5.82 Å². The smallest absolute Gasteiger partial charge is 0.158 e. The van der Waals surface area contributed by atoms with E-state index >= 15 is 0 Å². The summed E-state index contributed by atoms with van der Waals surface area (Å²) in [5, 5.41) is 9.89. The Hall–Kier alpha value is -2.94. The Labute approximate surface area is 138 Å². The number of piperidine rings is 1. The van der Waals surface area contributed by atoms with Crippen molar-refractivity contribution in [3.05, 3.63) is 53.9 Å². The SMILES string of the molecule is N#Cc1cnc(N2CCC(c3c[nH]c4cc(F)ccc34)CC2)cn1. The molecule has 5 nitrogen and oxygen atoms in total. The van der Waals surface area contributed by atoms with Gasteiger partial charge < -0.3 is 9.88 Å². The van der Waals surface area contributed by atoms with Gasteiger partial charge in [0.2, 0.25) is 0 Å². The molecule has 0 atom stereocenters. The van der Waals surface area contributed by atoms with Crippen LogP contribution in [0, 0.1) is 17.1 Å². The van der Waals surface area contributed by atoms with Crippen LogP contribution in [0.25, 0.3) is 10.9 Å². The number of hydrogen-bond donors (Lipinski definition) is 1. The second kappa shape index (κ2) is 5.93. The van der Waals surface area contributed by atoms with Crippen molar-refractivity contribution in [3.8, 4) is 6.07 Å². The minimum absolute atomic E-state index is 0.217. The predicted octanol–water partition coefficient (Wildman–Crippen LogP) is 3.35. The molecular formula is C18H16FN5. The third-order valence-electron chi connectivity index (χ3n) is 4.69. The Morgan fingerprint density at radius 1 is 1.21 bits per heavy atom. The van der Waals surface area contributed by atoms with Gasteiger partial charge >= 0.3 is 0 Å². The summed E-state index contributed by atoms with van der Waals surface area (Å²) in [6, 6.07) is 6.89. The predicted molar refractivity (Wildman–Crippen MR) is 89.2 cm³/mol. The molecule has 0 aliphatic carbocycles. The minimum Gasteiger partial charge on any atom is -0.361 e. The van der Waals surface area contributed by atoms with Crippen molar-refractivity contribution in [2.45, 2.75) is 18.8 Å². The molecule has 0 saturated carbocycles. The van der Waals surface area contributed by atoms with Gasteiger partial charge in [-0.2, -0.15) is 5.26 Å². The largest absolute Gasteiger partial charge is 0.361 e. The topological polar surface area (TPSA) is 68.6 Å². The molecule has 24 heavy (non-hydrogen) atoms. The summed E-state index contributed by atoms with van der Waals surface area (Å²) in [5.74, 6) is 1.05. The zero-order chi connectivity index (χ0) is 16.5. The van der Waals surface area contributed by atoms with Crippen LogP contribution in [0.1, 0.15) is 30.0 Å². The van der Waals surface area contributed by atoms with Crippen LogP contribution in [0.4, 0.5) is 10.2 Å². The van der Waals surface area contributed by atoms with Crippen LogP contribution >= 0.6 is 0 Å². The zero-order valence-corrected chi connectivity index (χ0v) is 13.0. The molecule has 3 heterocycles. The average Bonchev–Trinajstić information content (AvgIpc) is 3.05. The van der Waals surface area contributed by atoms with Gasteiger partial charge in [0, 0.05) is 30.2 Å². The molecule has 1 saturated heterocycles. The van der Waals surface area contributed by atoms with E-state index in [2.05, 4.69) is 19.9 Å². The zero-order valence-electron chi connectivity index (χ0n) is 13.0.